The van der Waals surface area contributed by atoms with Gasteiger partial charge in [0.1, 0.15) is 6.04 Å². The molecule has 1 aliphatic rings. The van der Waals surface area contributed by atoms with Crippen LogP contribution in [0, 0.1) is 11.3 Å². The Kier molecular flexibility index (Phi) is 4.08. The Morgan fingerprint density at radius 1 is 1.43 bits per heavy atom. The van der Waals surface area contributed by atoms with Crippen LogP contribution >= 0.6 is 0 Å². The summed E-state index contributed by atoms with van der Waals surface area (Å²) >= 11 is 0. The number of hydrogen-bond acceptors (Lipinski definition) is 5. The van der Waals surface area contributed by atoms with Gasteiger partial charge in [0.2, 0.25) is 5.91 Å². The highest BCUT2D eigenvalue weighted by molar-refractivity contribution is 5.82. The van der Waals surface area contributed by atoms with Gasteiger partial charge in [-0.25, -0.2) is 0 Å². The lowest BCUT2D eigenvalue weighted by atomic mass is 10.1. The van der Waals surface area contributed by atoms with E-state index in [1.165, 1.54) is 0 Å². The van der Waals surface area contributed by atoms with Crippen molar-refractivity contribution < 1.29 is 9.53 Å². The third-order valence-electron chi connectivity index (χ3n) is 3.97. The molecular formula is C16H17N5O2. The molecule has 1 aromatic carbocycles. The van der Waals surface area contributed by atoms with E-state index in [0.717, 1.165) is 11.4 Å². The predicted molar refractivity (Wildman–Crippen MR) is 82.2 cm³/mol. The predicted octanol–water partition coefficient (Wildman–Crippen LogP) is 1.37. The summed E-state index contributed by atoms with van der Waals surface area (Å²) < 4.78 is 6.90. The first-order valence-corrected chi connectivity index (χ1v) is 7.37. The van der Waals surface area contributed by atoms with Crippen molar-refractivity contribution in [2.75, 3.05) is 20.3 Å². The molecule has 2 aromatic rings. The Morgan fingerprint density at radius 3 is 3.00 bits per heavy atom. The summed E-state index contributed by atoms with van der Waals surface area (Å²) in [7, 11) is 1.61. The molecule has 0 spiro atoms. The number of methoxy groups -OCH3 is 1. The van der Waals surface area contributed by atoms with Crippen LogP contribution in [0.1, 0.15) is 24.4 Å². The van der Waals surface area contributed by atoms with Crippen LogP contribution < -0.4 is 0 Å². The van der Waals surface area contributed by atoms with Crippen LogP contribution in [0.3, 0.4) is 0 Å². The summed E-state index contributed by atoms with van der Waals surface area (Å²) in [5.41, 5.74) is 1.34. The minimum absolute atomic E-state index is 0.0204. The Hall–Kier alpha value is -2.72. The third-order valence-corrected chi connectivity index (χ3v) is 3.97. The molecule has 2 heterocycles. The number of benzene rings is 1. The Bertz CT molecular complexity index is 777. The van der Waals surface area contributed by atoms with E-state index < -0.39 is 0 Å². The van der Waals surface area contributed by atoms with E-state index in [1.807, 2.05) is 17.6 Å². The van der Waals surface area contributed by atoms with Crippen LogP contribution in [-0.2, 0) is 16.1 Å². The normalized spacial score (nSPS) is 17.0. The van der Waals surface area contributed by atoms with Crippen molar-refractivity contribution in [1.82, 2.24) is 19.7 Å². The molecule has 1 amide bonds. The first-order valence-electron chi connectivity index (χ1n) is 7.37. The van der Waals surface area contributed by atoms with Crippen molar-refractivity contribution in [3.05, 3.63) is 35.7 Å². The third kappa shape index (κ3) is 2.69. The number of aromatic nitrogens is 3. The molecule has 0 unspecified atom stereocenters. The average molecular weight is 311 g/mol. The fraction of sp³-hybridized carbons (Fsp3) is 0.375. The van der Waals surface area contributed by atoms with Gasteiger partial charge in [0, 0.05) is 19.2 Å². The van der Waals surface area contributed by atoms with Crippen LogP contribution in [-0.4, -0.2) is 45.8 Å². The summed E-state index contributed by atoms with van der Waals surface area (Å²) in [5, 5.41) is 17.5. The highest BCUT2D eigenvalue weighted by Crippen LogP contribution is 2.28. The fourth-order valence-corrected chi connectivity index (χ4v) is 2.78. The molecule has 0 aliphatic carbocycles. The smallest absolute Gasteiger partial charge is 0.245 e. The monoisotopic (exact) mass is 311 g/mol. The Morgan fingerprint density at radius 2 is 2.26 bits per heavy atom. The molecule has 0 fully saturated rings. The number of carbonyl (C=O) groups excluding carboxylic acids is 1. The number of ether oxygens (including phenoxy) is 1. The van der Waals surface area contributed by atoms with Gasteiger partial charge in [0.05, 0.1) is 24.8 Å². The summed E-state index contributed by atoms with van der Waals surface area (Å²) in [6.07, 6.45) is 0. The molecule has 23 heavy (non-hydrogen) atoms. The van der Waals surface area contributed by atoms with E-state index in [2.05, 4.69) is 16.3 Å². The lowest BCUT2D eigenvalue weighted by molar-refractivity contribution is -0.137. The van der Waals surface area contributed by atoms with Crippen molar-refractivity contribution >= 4 is 5.91 Å². The number of amides is 1. The number of nitriles is 1. The van der Waals surface area contributed by atoms with Crippen molar-refractivity contribution in [3.63, 3.8) is 0 Å². The molecular weight excluding hydrogens is 294 g/mol. The number of carbonyl (C=O) groups is 1. The first kappa shape index (κ1) is 15.2. The van der Waals surface area contributed by atoms with E-state index in [9.17, 15) is 4.79 Å². The zero-order chi connectivity index (χ0) is 16.4. The Labute approximate surface area is 134 Å². The topological polar surface area (TPSA) is 84.0 Å². The fourth-order valence-electron chi connectivity index (χ4n) is 2.78. The van der Waals surface area contributed by atoms with Crippen LogP contribution in [0.2, 0.25) is 0 Å². The second-order valence-electron chi connectivity index (χ2n) is 5.43. The van der Waals surface area contributed by atoms with Crippen LogP contribution in [0.25, 0.3) is 11.4 Å². The van der Waals surface area contributed by atoms with E-state index >= 15 is 0 Å². The van der Waals surface area contributed by atoms with Gasteiger partial charge in [-0.05, 0) is 19.1 Å². The van der Waals surface area contributed by atoms with E-state index in [4.69, 9.17) is 10.00 Å². The molecule has 7 heteroatoms. The molecule has 0 bridgehead atoms. The summed E-state index contributed by atoms with van der Waals surface area (Å²) in [4.78, 5) is 14.3. The second kappa shape index (κ2) is 6.18. The molecule has 0 saturated heterocycles. The first-order chi connectivity index (χ1) is 11.2. The van der Waals surface area contributed by atoms with Crippen molar-refractivity contribution in [2.45, 2.75) is 19.5 Å². The van der Waals surface area contributed by atoms with E-state index in [0.29, 0.717) is 31.1 Å². The maximum atomic E-state index is 12.5. The van der Waals surface area contributed by atoms with Gasteiger partial charge in [-0.1, -0.05) is 12.1 Å². The number of fused-ring (bicyclic) bond motifs is 1. The standard InChI is InChI=1S/C16H17N5O2/c1-11-16(22)20(6-7-23-2)10-14-18-19-15(21(11)14)13-5-3-4-12(8-13)9-17/h3-5,8,11H,6-7,10H2,1-2H3/t11-/m0/s1. The van der Waals surface area contributed by atoms with Gasteiger partial charge in [0.25, 0.3) is 0 Å². The summed E-state index contributed by atoms with van der Waals surface area (Å²) in [5.74, 6) is 1.38. The number of rotatable bonds is 4. The van der Waals surface area contributed by atoms with Gasteiger partial charge in [-0.15, -0.1) is 10.2 Å². The minimum Gasteiger partial charge on any atom is -0.383 e. The second-order valence-corrected chi connectivity index (χ2v) is 5.43. The zero-order valence-corrected chi connectivity index (χ0v) is 13.1. The molecule has 1 atom stereocenters. The highest BCUT2D eigenvalue weighted by Gasteiger charge is 2.33. The largest absolute Gasteiger partial charge is 0.383 e. The van der Waals surface area contributed by atoms with Gasteiger partial charge in [0.15, 0.2) is 11.6 Å². The van der Waals surface area contributed by atoms with Gasteiger partial charge in [-0.2, -0.15) is 5.26 Å². The Balaban J connectivity index is 1.98. The molecule has 0 saturated carbocycles. The van der Waals surface area contributed by atoms with Crippen molar-refractivity contribution in [2.24, 2.45) is 0 Å². The molecule has 7 nitrogen and oxygen atoms in total. The summed E-state index contributed by atoms with van der Waals surface area (Å²) in [6.45, 7) is 3.28. The molecule has 1 aliphatic heterocycles. The molecule has 0 N–H and O–H groups in total. The van der Waals surface area contributed by atoms with Crippen LogP contribution in [0.15, 0.2) is 24.3 Å². The number of nitrogens with zero attached hydrogens (tertiary/aromatic N) is 5. The maximum Gasteiger partial charge on any atom is 0.245 e. The quantitative estimate of drug-likeness (QED) is 0.851. The zero-order valence-electron chi connectivity index (χ0n) is 13.1. The molecule has 118 valence electrons. The summed E-state index contributed by atoms with van der Waals surface area (Å²) in [6, 6.07) is 8.89. The van der Waals surface area contributed by atoms with Crippen LogP contribution in [0.4, 0.5) is 0 Å². The number of hydrogen-bond donors (Lipinski definition) is 0. The van der Waals surface area contributed by atoms with Crippen molar-refractivity contribution in [3.8, 4) is 17.5 Å². The SMILES string of the molecule is COCCN1Cc2nnc(-c3cccc(C#N)c3)n2[C@@H](C)C1=O. The lowest BCUT2D eigenvalue weighted by Crippen LogP contribution is -2.43. The van der Waals surface area contributed by atoms with Crippen LogP contribution in [0.5, 0.6) is 0 Å². The molecule has 1 aromatic heterocycles. The molecule has 0 radical (unpaired) electrons. The average Bonchev–Trinajstić information content (AvgIpc) is 3.01. The van der Waals surface area contributed by atoms with Crippen molar-refractivity contribution in [1.29, 1.82) is 5.26 Å². The maximum absolute atomic E-state index is 12.5. The van der Waals surface area contributed by atoms with Gasteiger partial charge in [-0.3, -0.25) is 9.36 Å². The van der Waals surface area contributed by atoms with E-state index in [-0.39, 0.29) is 11.9 Å². The van der Waals surface area contributed by atoms with Gasteiger partial charge >= 0.3 is 0 Å². The van der Waals surface area contributed by atoms with Gasteiger partial charge < -0.3 is 9.64 Å². The minimum atomic E-state index is -0.383. The lowest BCUT2D eigenvalue weighted by Gasteiger charge is -2.31. The van der Waals surface area contributed by atoms with E-state index in [1.54, 1.807) is 30.2 Å². The highest BCUT2D eigenvalue weighted by atomic mass is 16.5. The molecule has 3 rings (SSSR count).